The number of hydrogen-bond acceptors (Lipinski definition) is 4. The van der Waals surface area contributed by atoms with E-state index < -0.39 is 0 Å². The van der Waals surface area contributed by atoms with E-state index in [0.29, 0.717) is 44.4 Å². The van der Waals surface area contributed by atoms with Crippen molar-refractivity contribution in [3.63, 3.8) is 0 Å². The zero-order valence-electron chi connectivity index (χ0n) is 21.1. The number of nitrogens with zero attached hydrogens (tertiary/aromatic N) is 2. The summed E-state index contributed by atoms with van der Waals surface area (Å²) in [6, 6.07) is 25.0. The SMILES string of the molecule is CC(C)N1CCOCCOc2ccc(C(=O)N(C)Cc3ccccc3)cc2Cc2cccc(c2)C1. The molecule has 1 heterocycles. The van der Waals surface area contributed by atoms with Crippen LogP contribution in [0.2, 0.25) is 0 Å². The monoisotopic (exact) mass is 472 g/mol. The zero-order valence-corrected chi connectivity index (χ0v) is 21.1. The predicted molar refractivity (Wildman–Crippen MR) is 140 cm³/mol. The molecule has 0 radical (unpaired) electrons. The smallest absolute Gasteiger partial charge is 0.253 e. The first-order valence-electron chi connectivity index (χ1n) is 12.4. The third-order valence-electron chi connectivity index (χ3n) is 6.43. The molecule has 0 atom stereocenters. The molecule has 0 aliphatic carbocycles. The van der Waals surface area contributed by atoms with Gasteiger partial charge in [0.2, 0.25) is 0 Å². The molecule has 184 valence electrons. The topological polar surface area (TPSA) is 42.0 Å². The van der Waals surface area contributed by atoms with Gasteiger partial charge < -0.3 is 14.4 Å². The van der Waals surface area contributed by atoms with E-state index in [4.69, 9.17) is 9.47 Å². The molecule has 1 amide bonds. The molecule has 0 saturated heterocycles. The van der Waals surface area contributed by atoms with Crippen molar-refractivity contribution >= 4 is 5.91 Å². The minimum absolute atomic E-state index is 0.000663. The maximum atomic E-state index is 13.2. The van der Waals surface area contributed by atoms with Crippen LogP contribution >= 0.6 is 0 Å². The fourth-order valence-electron chi connectivity index (χ4n) is 4.45. The highest BCUT2D eigenvalue weighted by Gasteiger charge is 2.17. The fourth-order valence-corrected chi connectivity index (χ4v) is 4.45. The van der Waals surface area contributed by atoms with E-state index in [0.717, 1.165) is 30.0 Å². The van der Waals surface area contributed by atoms with Crippen LogP contribution in [0.1, 0.15) is 46.5 Å². The quantitative estimate of drug-likeness (QED) is 0.525. The molecular weight excluding hydrogens is 436 g/mol. The molecule has 3 aromatic rings. The Morgan fingerprint density at radius 2 is 1.74 bits per heavy atom. The molecule has 0 spiro atoms. The number of hydrogen-bond donors (Lipinski definition) is 0. The summed E-state index contributed by atoms with van der Waals surface area (Å²) in [5.74, 6) is 0.808. The standard InChI is InChI=1S/C30H36N2O3/c1-23(2)32-14-15-34-16-17-35-29-13-12-27(30(33)31(3)21-24-8-5-4-6-9-24)20-28(29)19-25-10-7-11-26(18-25)22-32/h4-13,18,20,23H,14-17,19,21-22H2,1-3H3. The number of rotatable bonds is 4. The lowest BCUT2D eigenvalue weighted by molar-refractivity contribution is 0.0695. The van der Waals surface area contributed by atoms with Gasteiger partial charge in [-0.15, -0.1) is 0 Å². The predicted octanol–water partition coefficient (Wildman–Crippen LogP) is 5.17. The summed E-state index contributed by atoms with van der Waals surface area (Å²) in [6.07, 6.45) is 0.704. The van der Waals surface area contributed by atoms with Gasteiger partial charge in [-0.3, -0.25) is 9.69 Å². The molecule has 4 rings (SSSR count). The normalized spacial score (nSPS) is 15.1. The number of carbonyl (C=O) groups excluding carboxylic acids is 1. The minimum Gasteiger partial charge on any atom is -0.491 e. The highest BCUT2D eigenvalue weighted by atomic mass is 16.5. The van der Waals surface area contributed by atoms with Gasteiger partial charge in [0.05, 0.1) is 13.2 Å². The molecule has 35 heavy (non-hydrogen) atoms. The van der Waals surface area contributed by atoms with Gasteiger partial charge in [-0.25, -0.2) is 0 Å². The van der Waals surface area contributed by atoms with Gasteiger partial charge in [0.25, 0.3) is 5.91 Å². The van der Waals surface area contributed by atoms with Crippen LogP contribution in [0.3, 0.4) is 0 Å². The van der Waals surface area contributed by atoms with Gasteiger partial charge in [0.1, 0.15) is 12.4 Å². The van der Waals surface area contributed by atoms with Crippen LogP contribution in [0.15, 0.2) is 72.8 Å². The number of fused-ring (bicyclic) bond motifs is 3. The van der Waals surface area contributed by atoms with Crippen molar-refractivity contribution in [3.05, 3.63) is 101 Å². The Morgan fingerprint density at radius 1 is 0.943 bits per heavy atom. The second-order valence-electron chi connectivity index (χ2n) is 9.49. The second-order valence-corrected chi connectivity index (χ2v) is 9.49. The molecule has 0 fully saturated rings. The van der Waals surface area contributed by atoms with E-state index in [1.807, 2.05) is 55.6 Å². The van der Waals surface area contributed by atoms with Gasteiger partial charge >= 0.3 is 0 Å². The molecule has 2 bridgehead atoms. The summed E-state index contributed by atoms with van der Waals surface area (Å²) in [5, 5.41) is 0. The molecule has 5 heteroatoms. The van der Waals surface area contributed by atoms with Crippen LogP contribution in [0, 0.1) is 0 Å². The summed E-state index contributed by atoms with van der Waals surface area (Å²) < 4.78 is 12.0. The Bertz CT molecular complexity index is 1110. The van der Waals surface area contributed by atoms with E-state index in [1.54, 1.807) is 4.90 Å². The van der Waals surface area contributed by atoms with Gasteiger partial charge in [0, 0.05) is 44.7 Å². The third-order valence-corrected chi connectivity index (χ3v) is 6.43. The van der Waals surface area contributed by atoms with Crippen LogP contribution < -0.4 is 4.74 Å². The van der Waals surface area contributed by atoms with Crippen molar-refractivity contribution < 1.29 is 14.3 Å². The lowest BCUT2D eigenvalue weighted by Crippen LogP contribution is -2.33. The van der Waals surface area contributed by atoms with E-state index in [1.165, 1.54) is 11.1 Å². The lowest BCUT2D eigenvalue weighted by atomic mass is 9.99. The Morgan fingerprint density at radius 3 is 2.54 bits per heavy atom. The van der Waals surface area contributed by atoms with Crippen LogP contribution in [0.25, 0.3) is 0 Å². The minimum atomic E-state index is 0.000663. The summed E-state index contributed by atoms with van der Waals surface area (Å²) >= 11 is 0. The van der Waals surface area contributed by atoms with Gasteiger partial charge in [-0.2, -0.15) is 0 Å². The largest absolute Gasteiger partial charge is 0.491 e. The molecular formula is C30H36N2O3. The summed E-state index contributed by atoms with van der Waals surface area (Å²) in [7, 11) is 1.85. The van der Waals surface area contributed by atoms with Crippen LogP contribution in [0.4, 0.5) is 0 Å². The van der Waals surface area contributed by atoms with Gasteiger partial charge in [0.15, 0.2) is 0 Å². The number of carbonyl (C=O) groups is 1. The number of amides is 1. The third kappa shape index (κ3) is 6.93. The van der Waals surface area contributed by atoms with E-state index in [2.05, 4.69) is 43.0 Å². The Labute approximate surface area is 209 Å². The fraction of sp³-hybridized carbons (Fsp3) is 0.367. The maximum absolute atomic E-state index is 13.2. The number of benzene rings is 3. The molecule has 1 aliphatic heterocycles. The zero-order chi connectivity index (χ0) is 24.6. The Kier molecular flexibility index (Phi) is 8.56. The van der Waals surface area contributed by atoms with Crippen LogP contribution in [-0.4, -0.2) is 55.2 Å². The summed E-state index contributed by atoms with van der Waals surface area (Å²) in [6.45, 7) is 8.49. The Balaban J connectivity index is 1.59. The maximum Gasteiger partial charge on any atom is 0.253 e. The molecule has 1 aliphatic rings. The molecule has 0 N–H and O–H groups in total. The van der Waals surface area contributed by atoms with Crippen molar-refractivity contribution in [3.8, 4) is 5.75 Å². The highest BCUT2D eigenvalue weighted by molar-refractivity contribution is 5.94. The van der Waals surface area contributed by atoms with E-state index >= 15 is 0 Å². The van der Waals surface area contributed by atoms with Crippen molar-refractivity contribution in [2.24, 2.45) is 0 Å². The molecule has 0 saturated carbocycles. The van der Waals surface area contributed by atoms with Gasteiger partial charge in [-0.1, -0.05) is 54.6 Å². The highest BCUT2D eigenvalue weighted by Crippen LogP contribution is 2.25. The van der Waals surface area contributed by atoms with Crippen molar-refractivity contribution in [2.45, 2.75) is 39.4 Å². The van der Waals surface area contributed by atoms with E-state index in [9.17, 15) is 4.79 Å². The molecule has 5 nitrogen and oxygen atoms in total. The number of ether oxygens (including phenoxy) is 2. The second kappa shape index (κ2) is 12.0. The molecule has 0 aromatic heterocycles. The van der Waals surface area contributed by atoms with Crippen molar-refractivity contribution in [2.75, 3.05) is 33.4 Å². The van der Waals surface area contributed by atoms with Gasteiger partial charge in [-0.05, 0) is 54.3 Å². The van der Waals surface area contributed by atoms with Crippen LogP contribution in [-0.2, 0) is 24.2 Å². The average Bonchev–Trinajstić information content (AvgIpc) is 2.86. The molecule has 0 unspecified atom stereocenters. The first-order valence-corrected chi connectivity index (χ1v) is 12.4. The molecule has 3 aromatic carbocycles. The first-order chi connectivity index (χ1) is 17.0. The Hall–Kier alpha value is -3.15. The first kappa shape index (κ1) is 25.0. The van der Waals surface area contributed by atoms with Crippen molar-refractivity contribution in [1.29, 1.82) is 0 Å². The van der Waals surface area contributed by atoms with Crippen molar-refractivity contribution in [1.82, 2.24) is 9.80 Å². The average molecular weight is 473 g/mol. The van der Waals surface area contributed by atoms with E-state index in [-0.39, 0.29) is 5.91 Å². The summed E-state index contributed by atoms with van der Waals surface area (Å²) in [4.78, 5) is 17.4. The van der Waals surface area contributed by atoms with Crippen LogP contribution in [0.5, 0.6) is 5.75 Å². The summed E-state index contributed by atoms with van der Waals surface area (Å²) in [5.41, 5.74) is 5.29. The lowest BCUT2D eigenvalue weighted by Gasteiger charge is -2.27.